The summed E-state index contributed by atoms with van der Waals surface area (Å²) < 4.78 is 10.4. The molecule has 0 spiro atoms. The molecule has 86 valence electrons. The number of benzene rings is 1. The summed E-state index contributed by atoms with van der Waals surface area (Å²) in [5.41, 5.74) is 6.58. The summed E-state index contributed by atoms with van der Waals surface area (Å²) in [5.74, 6) is 1.06. The van der Waals surface area contributed by atoms with Gasteiger partial charge in [-0.25, -0.2) is 0 Å². The Morgan fingerprint density at radius 1 is 1.44 bits per heavy atom. The topological polar surface area (TPSA) is 64.7 Å². The van der Waals surface area contributed by atoms with Gasteiger partial charge in [0.25, 0.3) is 0 Å². The average Bonchev–Trinajstić information content (AvgIpc) is 2.79. The fourth-order valence-corrected chi connectivity index (χ4v) is 2.16. The number of hydrogen-bond acceptors (Lipinski definition) is 4. The van der Waals surface area contributed by atoms with Crippen LogP contribution in [-0.4, -0.2) is 17.4 Å². The zero-order valence-electron chi connectivity index (χ0n) is 8.62. The molecule has 16 heavy (non-hydrogen) atoms. The van der Waals surface area contributed by atoms with E-state index < -0.39 is 0 Å². The van der Waals surface area contributed by atoms with Crippen LogP contribution in [0.2, 0.25) is 5.02 Å². The molecular formula is C11H12ClNO3. The minimum absolute atomic E-state index is 0.0580. The molecular weight excluding hydrogens is 230 g/mol. The van der Waals surface area contributed by atoms with Gasteiger partial charge in [0.05, 0.1) is 0 Å². The van der Waals surface area contributed by atoms with Crippen molar-refractivity contribution < 1.29 is 14.6 Å². The highest BCUT2D eigenvalue weighted by molar-refractivity contribution is 6.34. The van der Waals surface area contributed by atoms with E-state index in [-0.39, 0.29) is 23.1 Å². The van der Waals surface area contributed by atoms with Crippen LogP contribution in [0.15, 0.2) is 6.07 Å². The Morgan fingerprint density at radius 2 is 2.19 bits per heavy atom. The predicted molar refractivity (Wildman–Crippen MR) is 59.1 cm³/mol. The molecule has 4 nitrogen and oxygen atoms in total. The molecule has 1 aromatic carbocycles. The minimum Gasteiger partial charge on any atom is -0.506 e. The second-order valence-corrected chi connectivity index (χ2v) is 4.85. The SMILES string of the molecule is NC1(Cc2cc3c(c(Cl)c2O)OCO3)CC1. The summed E-state index contributed by atoms with van der Waals surface area (Å²) in [7, 11) is 0. The molecule has 1 aliphatic carbocycles. The zero-order chi connectivity index (χ0) is 11.3. The third-order valence-electron chi connectivity index (χ3n) is 3.09. The van der Waals surface area contributed by atoms with Crippen molar-refractivity contribution in [3.63, 3.8) is 0 Å². The van der Waals surface area contributed by atoms with E-state index in [9.17, 15) is 5.11 Å². The van der Waals surface area contributed by atoms with Gasteiger partial charge in [-0.3, -0.25) is 0 Å². The van der Waals surface area contributed by atoms with Crippen molar-refractivity contribution in [3.05, 3.63) is 16.7 Å². The number of phenolic OH excluding ortho intramolecular Hbond substituents is 1. The maximum absolute atomic E-state index is 9.93. The smallest absolute Gasteiger partial charge is 0.231 e. The summed E-state index contributed by atoms with van der Waals surface area (Å²) >= 11 is 6.00. The first kappa shape index (κ1) is 10.1. The van der Waals surface area contributed by atoms with E-state index in [1.807, 2.05) is 0 Å². The number of hydrogen-bond donors (Lipinski definition) is 2. The summed E-state index contributed by atoms with van der Waals surface area (Å²) in [6.07, 6.45) is 2.59. The third-order valence-corrected chi connectivity index (χ3v) is 3.44. The number of ether oxygens (including phenoxy) is 2. The van der Waals surface area contributed by atoms with E-state index in [2.05, 4.69) is 0 Å². The van der Waals surface area contributed by atoms with E-state index in [1.54, 1.807) is 6.07 Å². The molecule has 1 heterocycles. The maximum Gasteiger partial charge on any atom is 0.231 e. The normalized spacial score (nSPS) is 19.9. The largest absolute Gasteiger partial charge is 0.506 e. The second-order valence-electron chi connectivity index (χ2n) is 4.47. The first-order valence-corrected chi connectivity index (χ1v) is 5.56. The summed E-state index contributed by atoms with van der Waals surface area (Å²) in [4.78, 5) is 0. The average molecular weight is 242 g/mol. The van der Waals surface area contributed by atoms with Crippen LogP contribution >= 0.6 is 11.6 Å². The van der Waals surface area contributed by atoms with Gasteiger partial charge in [0.15, 0.2) is 11.5 Å². The number of rotatable bonds is 2. The fourth-order valence-electron chi connectivity index (χ4n) is 1.89. The van der Waals surface area contributed by atoms with E-state index >= 15 is 0 Å². The second kappa shape index (κ2) is 3.18. The van der Waals surface area contributed by atoms with Crippen molar-refractivity contribution in [1.29, 1.82) is 0 Å². The van der Waals surface area contributed by atoms with Gasteiger partial charge in [0.2, 0.25) is 6.79 Å². The van der Waals surface area contributed by atoms with E-state index in [4.69, 9.17) is 26.8 Å². The molecule has 0 saturated heterocycles. The molecule has 1 saturated carbocycles. The lowest BCUT2D eigenvalue weighted by molar-refractivity contribution is 0.174. The van der Waals surface area contributed by atoms with Crippen molar-refractivity contribution in [3.8, 4) is 17.2 Å². The maximum atomic E-state index is 9.93. The number of phenols is 1. The lowest BCUT2D eigenvalue weighted by Gasteiger charge is -2.12. The molecule has 5 heteroatoms. The molecule has 2 aliphatic rings. The fraction of sp³-hybridized carbons (Fsp3) is 0.455. The molecule has 0 bridgehead atoms. The van der Waals surface area contributed by atoms with Crippen LogP contribution in [0.25, 0.3) is 0 Å². The highest BCUT2D eigenvalue weighted by Gasteiger charge is 2.39. The van der Waals surface area contributed by atoms with Gasteiger partial charge in [0, 0.05) is 11.1 Å². The molecule has 0 aromatic heterocycles. The van der Waals surface area contributed by atoms with E-state index in [0.29, 0.717) is 17.9 Å². The van der Waals surface area contributed by atoms with Crippen LogP contribution < -0.4 is 15.2 Å². The van der Waals surface area contributed by atoms with E-state index in [0.717, 1.165) is 18.4 Å². The van der Waals surface area contributed by atoms with Gasteiger partial charge in [-0.05, 0) is 25.3 Å². The zero-order valence-corrected chi connectivity index (χ0v) is 9.38. The number of halogens is 1. The van der Waals surface area contributed by atoms with Crippen LogP contribution in [0.3, 0.4) is 0 Å². The Balaban J connectivity index is 2.02. The Bertz CT molecular complexity index is 457. The molecule has 0 radical (unpaired) electrons. The first-order valence-electron chi connectivity index (χ1n) is 5.18. The monoisotopic (exact) mass is 241 g/mol. The van der Waals surface area contributed by atoms with Crippen molar-refractivity contribution in [2.45, 2.75) is 24.8 Å². The van der Waals surface area contributed by atoms with Gasteiger partial charge in [-0.1, -0.05) is 11.6 Å². The standard InChI is InChI=1S/C11H12ClNO3/c12-8-9(14)6(4-11(13)1-2-11)3-7-10(8)16-5-15-7/h3,14H,1-2,4-5,13H2. The Labute approximate surface area is 97.9 Å². The van der Waals surface area contributed by atoms with Crippen molar-refractivity contribution >= 4 is 11.6 Å². The van der Waals surface area contributed by atoms with Crippen molar-refractivity contribution in [2.75, 3.05) is 6.79 Å². The molecule has 0 amide bonds. The van der Waals surface area contributed by atoms with Gasteiger partial charge >= 0.3 is 0 Å². The summed E-state index contributed by atoms with van der Waals surface area (Å²) in [6, 6.07) is 1.76. The van der Waals surface area contributed by atoms with E-state index in [1.165, 1.54) is 0 Å². The highest BCUT2D eigenvalue weighted by Crippen LogP contribution is 2.48. The summed E-state index contributed by atoms with van der Waals surface area (Å²) in [6.45, 7) is 0.145. The van der Waals surface area contributed by atoms with Crippen LogP contribution in [0, 0.1) is 0 Å². The van der Waals surface area contributed by atoms with Crippen molar-refractivity contribution in [2.24, 2.45) is 5.73 Å². The van der Waals surface area contributed by atoms with Gasteiger partial charge < -0.3 is 20.3 Å². The van der Waals surface area contributed by atoms with Crippen LogP contribution in [0.1, 0.15) is 18.4 Å². The van der Waals surface area contributed by atoms with Crippen LogP contribution in [0.5, 0.6) is 17.2 Å². The number of nitrogens with two attached hydrogens (primary N) is 1. The van der Waals surface area contributed by atoms with Gasteiger partial charge in [-0.15, -0.1) is 0 Å². The molecule has 3 rings (SSSR count). The highest BCUT2D eigenvalue weighted by atomic mass is 35.5. The van der Waals surface area contributed by atoms with Crippen LogP contribution in [0.4, 0.5) is 0 Å². The minimum atomic E-state index is -0.172. The number of fused-ring (bicyclic) bond motifs is 1. The molecule has 1 fully saturated rings. The molecule has 1 aliphatic heterocycles. The lowest BCUT2D eigenvalue weighted by Crippen LogP contribution is -2.24. The molecule has 0 unspecified atom stereocenters. The predicted octanol–water partition coefficient (Wildman–Crippen LogP) is 1.81. The van der Waals surface area contributed by atoms with Gasteiger partial charge in [-0.2, -0.15) is 0 Å². The quantitative estimate of drug-likeness (QED) is 0.829. The van der Waals surface area contributed by atoms with Gasteiger partial charge in [0.1, 0.15) is 10.8 Å². The molecule has 3 N–H and O–H groups in total. The number of aromatic hydroxyl groups is 1. The Kier molecular flexibility index (Phi) is 2.00. The van der Waals surface area contributed by atoms with Crippen LogP contribution in [-0.2, 0) is 6.42 Å². The summed E-state index contributed by atoms with van der Waals surface area (Å²) in [5, 5.41) is 10.1. The lowest BCUT2D eigenvalue weighted by atomic mass is 10.0. The molecule has 0 atom stereocenters. The Hall–Kier alpha value is -1.13. The molecule has 1 aromatic rings. The first-order chi connectivity index (χ1) is 7.59. The Morgan fingerprint density at radius 3 is 2.88 bits per heavy atom. The van der Waals surface area contributed by atoms with Crippen molar-refractivity contribution in [1.82, 2.24) is 0 Å². The third kappa shape index (κ3) is 1.49.